The molecule has 0 amide bonds. The number of rotatable bonds is 1. The Labute approximate surface area is 75.4 Å². The Balaban J connectivity index is 2.42. The van der Waals surface area contributed by atoms with E-state index >= 15 is 0 Å². The van der Waals surface area contributed by atoms with Gasteiger partial charge in [-0.1, -0.05) is 0 Å². The van der Waals surface area contributed by atoms with Crippen LogP contribution < -0.4 is 11.1 Å². The molecule has 1 fully saturated rings. The summed E-state index contributed by atoms with van der Waals surface area (Å²) < 4.78 is 12.9. The van der Waals surface area contributed by atoms with Gasteiger partial charge in [-0.2, -0.15) is 0 Å². The fraction of sp³-hybridized carbons (Fsp3) is 0.333. The van der Waals surface area contributed by atoms with Gasteiger partial charge in [0.15, 0.2) is 0 Å². The van der Waals surface area contributed by atoms with E-state index < -0.39 is 5.82 Å². The molecule has 4 N–H and O–H groups in total. The summed E-state index contributed by atoms with van der Waals surface area (Å²) in [5.41, 5.74) is 6.08. The van der Waals surface area contributed by atoms with E-state index in [0.29, 0.717) is 5.56 Å². The van der Waals surface area contributed by atoms with E-state index in [1.54, 1.807) is 0 Å². The number of hydrogen-bond acceptors (Lipinski definition) is 3. The Hall–Kier alpha value is -1.29. The van der Waals surface area contributed by atoms with Gasteiger partial charge < -0.3 is 16.2 Å². The van der Waals surface area contributed by atoms with Gasteiger partial charge >= 0.3 is 0 Å². The van der Waals surface area contributed by atoms with Gasteiger partial charge in [-0.25, -0.2) is 4.39 Å². The van der Waals surface area contributed by atoms with E-state index in [1.807, 2.05) is 0 Å². The van der Waals surface area contributed by atoms with Gasteiger partial charge in [-0.05, 0) is 19.0 Å². The van der Waals surface area contributed by atoms with E-state index in [2.05, 4.69) is 5.32 Å². The summed E-state index contributed by atoms with van der Waals surface area (Å²) in [6, 6.07) is 2.50. The third-order valence-corrected chi connectivity index (χ3v) is 2.33. The molecule has 1 unspecified atom stereocenters. The Bertz CT molecular complexity index is 337. The molecule has 1 aliphatic rings. The summed E-state index contributed by atoms with van der Waals surface area (Å²) >= 11 is 0. The smallest absolute Gasteiger partial charge is 0.143 e. The molecule has 1 aromatic rings. The molecule has 13 heavy (non-hydrogen) atoms. The SMILES string of the molecule is Nc1cc(F)cc(C2CCN2)c1O. The number of nitrogens with one attached hydrogen (secondary N) is 1. The van der Waals surface area contributed by atoms with E-state index in [-0.39, 0.29) is 17.5 Å². The zero-order valence-corrected chi connectivity index (χ0v) is 7.05. The number of nitrogen functional groups attached to an aromatic ring is 1. The van der Waals surface area contributed by atoms with Crippen LogP contribution in [0.15, 0.2) is 12.1 Å². The van der Waals surface area contributed by atoms with Crippen LogP contribution in [0.1, 0.15) is 18.0 Å². The lowest BCUT2D eigenvalue weighted by atomic mass is 9.96. The lowest BCUT2D eigenvalue weighted by Gasteiger charge is -2.28. The minimum atomic E-state index is -0.404. The van der Waals surface area contributed by atoms with Gasteiger partial charge in [0.1, 0.15) is 11.6 Å². The van der Waals surface area contributed by atoms with Gasteiger partial charge in [0, 0.05) is 17.7 Å². The van der Waals surface area contributed by atoms with Crippen LogP contribution >= 0.6 is 0 Å². The zero-order chi connectivity index (χ0) is 9.42. The largest absolute Gasteiger partial charge is 0.505 e. The Morgan fingerprint density at radius 1 is 1.54 bits per heavy atom. The highest BCUT2D eigenvalue weighted by Crippen LogP contribution is 2.34. The highest BCUT2D eigenvalue weighted by molar-refractivity contribution is 5.57. The van der Waals surface area contributed by atoms with E-state index in [9.17, 15) is 9.50 Å². The van der Waals surface area contributed by atoms with Crippen molar-refractivity contribution in [3.63, 3.8) is 0 Å². The normalized spacial score (nSPS) is 21.2. The van der Waals surface area contributed by atoms with Gasteiger partial charge in [-0.15, -0.1) is 0 Å². The van der Waals surface area contributed by atoms with Gasteiger partial charge in [0.25, 0.3) is 0 Å². The van der Waals surface area contributed by atoms with Crippen molar-refractivity contribution in [2.75, 3.05) is 12.3 Å². The molecule has 0 aliphatic carbocycles. The number of nitrogens with two attached hydrogens (primary N) is 1. The standard InChI is InChI=1S/C9H11FN2O/c10-5-3-6(8-1-2-12-8)9(13)7(11)4-5/h3-4,8,12-13H,1-2,11H2. The van der Waals surface area contributed by atoms with Crippen LogP contribution in [0.4, 0.5) is 10.1 Å². The summed E-state index contributed by atoms with van der Waals surface area (Å²) in [5.74, 6) is -0.405. The summed E-state index contributed by atoms with van der Waals surface area (Å²) in [6.07, 6.45) is 0.913. The predicted molar refractivity (Wildman–Crippen MR) is 47.8 cm³/mol. The third kappa shape index (κ3) is 1.33. The third-order valence-electron chi connectivity index (χ3n) is 2.33. The summed E-state index contributed by atoms with van der Waals surface area (Å²) in [6.45, 7) is 0.903. The molecule has 0 spiro atoms. The first-order valence-corrected chi connectivity index (χ1v) is 4.20. The quantitative estimate of drug-likeness (QED) is 0.451. The molecule has 1 aliphatic heterocycles. The lowest BCUT2D eigenvalue weighted by molar-refractivity contribution is 0.363. The Morgan fingerprint density at radius 2 is 2.23 bits per heavy atom. The zero-order valence-electron chi connectivity index (χ0n) is 7.05. The van der Waals surface area contributed by atoms with Crippen molar-refractivity contribution in [1.29, 1.82) is 0 Å². The summed E-state index contributed by atoms with van der Waals surface area (Å²) in [5, 5.41) is 12.6. The van der Waals surface area contributed by atoms with Crippen LogP contribution in [0, 0.1) is 5.82 Å². The van der Waals surface area contributed by atoms with Crippen molar-refractivity contribution >= 4 is 5.69 Å². The molecule has 1 heterocycles. The maximum Gasteiger partial charge on any atom is 0.143 e. The molecular weight excluding hydrogens is 171 g/mol. The van der Waals surface area contributed by atoms with Crippen molar-refractivity contribution < 1.29 is 9.50 Å². The van der Waals surface area contributed by atoms with Crippen molar-refractivity contribution in [3.05, 3.63) is 23.5 Å². The average molecular weight is 182 g/mol. The number of aromatic hydroxyl groups is 1. The molecular formula is C9H11FN2O. The average Bonchev–Trinajstić information content (AvgIpc) is 1.95. The highest BCUT2D eigenvalue weighted by atomic mass is 19.1. The number of benzene rings is 1. The van der Waals surface area contributed by atoms with Crippen molar-refractivity contribution in [1.82, 2.24) is 5.32 Å². The maximum absolute atomic E-state index is 12.9. The second-order valence-electron chi connectivity index (χ2n) is 3.23. The first-order valence-electron chi connectivity index (χ1n) is 4.20. The number of hydrogen-bond donors (Lipinski definition) is 3. The number of halogens is 1. The number of anilines is 1. The van der Waals surface area contributed by atoms with Gasteiger partial charge in [0.05, 0.1) is 5.69 Å². The monoisotopic (exact) mass is 182 g/mol. The van der Waals surface area contributed by atoms with Crippen LogP contribution in [-0.2, 0) is 0 Å². The second kappa shape index (κ2) is 2.88. The molecule has 70 valence electrons. The second-order valence-corrected chi connectivity index (χ2v) is 3.23. The molecule has 4 heteroatoms. The van der Waals surface area contributed by atoms with Gasteiger partial charge in [0.2, 0.25) is 0 Å². The molecule has 0 aromatic heterocycles. The van der Waals surface area contributed by atoms with Gasteiger partial charge in [-0.3, -0.25) is 0 Å². The number of phenolic OH excluding ortho intramolecular Hbond substituents is 1. The molecule has 0 radical (unpaired) electrons. The molecule has 1 atom stereocenters. The van der Waals surface area contributed by atoms with E-state index in [0.717, 1.165) is 19.0 Å². The van der Waals surface area contributed by atoms with E-state index in [4.69, 9.17) is 5.73 Å². The highest BCUT2D eigenvalue weighted by Gasteiger charge is 2.23. The van der Waals surface area contributed by atoms with Crippen LogP contribution in [0.5, 0.6) is 5.75 Å². The molecule has 0 bridgehead atoms. The minimum Gasteiger partial charge on any atom is -0.505 e. The van der Waals surface area contributed by atoms with E-state index in [1.165, 1.54) is 6.07 Å². The van der Waals surface area contributed by atoms with Crippen LogP contribution in [0.25, 0.3) is 0 Å². The number of phenols is 1. The fourth-order valence-corrected chi connectivity index (χ4v) is 1.46. The summed E-state index contributed by atoms with van der Waals surface area (Å²) in [7, 11) is 0. The maximum atomic E-state index is 12.9. The molecule has 1 aromatic carbocycles. The topological polar surface area (TPSA) is 58.3 Å². The first kappa shape index (κ1) is 8.31. The lowest BCUT2D eigenvalue weighted by Crippen LogP contribution is -2.35. The molecule has 0 saturated carbocycles. The molecule has 1 saturated heterocycles. The van der Waals surface area contributed by atoms with Crippen molar-refractivity contribution in [3.8, 4) is 5.75 Å². The Kier molecular flexibility index (Phi) is 1.84. The van der Waals surface area contributed by atoms with Crippen LogP contribution in [0.2, 0.25) is 0 Å². The first-order chi connectivity index (χ1) is 6.18. The predicted octanol–water partition coefficient (Wildman–Crippen LogP) is 1.15. The van der Waals surface area contributed by atoms with Crippen LogP contribution in [-0.4, -0.2) is 11.7 Å². The molecule has 3 nitrogen and oxygen atoms in total. The summed E-state index contributed by atoms with van der Waals surface area (Å²) in [4.78, 5) is 0. The molecule has 2 rings (SSSR count). The minimum absolute atomic E-state index is 0.00130. The van der Waals surface area contributed by atoms with Crippen molar-refractivity contribution in [2.45, 2.75) is 12.5 Å². The fourth-order valence-electron chi connectivity index (χ4n) is 1.46. The Morgan fingerprint density at radius 3 is 2.77 bits per heavy atom. The van der Waals surface area contributed by atoms with Crippen LogP contribution in [0.3, 0.4) is 0 Å². The van der Waals surface area contributed by atoms with Crippen molar-refractivity contribution in [2.24, 2.45) is 0 Å².